The Morgan fingerprint density at radius 1 is 1.42 bits per heavy atom. The predicted octanol–water partition coefficient (Wildman–Crippen LogP) is 3.40. The van der Waals surface area contributed by atoms with E-state index in [2.05, 4.69) is 20.9 Å². The third-order valence-corrected chi connectivity index (χ3v) is 2.87. The van der Waals surface area contributed by atoms with Crippen molar-refractivity contribution < 1.29 is 4.42 Å². The number of hydrogen-bond acceptors (Lipinski definition) is 2. The molecule has 0 bridgehead atoms. The topological polar surface area (TPSA) is 26.0 Å². The van der Waals surface area contributed by atoms with Crippen LogP contribution in [0.25, 0.3) is 0 Å². The van der Waals surface area contributed by atoms with Crippen molar-refractivity contribution in [3.63, 3.8) is 0 Å². The summed E-state index contributed by atoms with van der Waals surface area (Å²) < 4.78 is 5.50. The lowest BCUT2D eigenvalue weighted by atomic mass is 10.0. The van der Waals surface area contributed by atoms with Gasteiger partial charge in [0.1, 0.15) is 5.76 Å². The number of rotatable bonds is 1. The molecule has 0 aliphatic heterocycles. The molecule has 0 N–H and O–H groups in total. The standard InChI is InChI=1S/C9H12BrNO/c1-6-8(12-9(10)11-6)7-4-2-3-5-7/h7H,2-5H2,1H3. The number of aryl methyl sites for hydroxylation is 1. The van der Waals surface area contributed by atoms with Crippen LogP contribution in [-0.4, -0.2) is 4.98 Å². The van der Waals surface area contributed by atoms with E-state index in [1.165, 1.54) is 25.7 Å². The molecule has 0 unspecified atom stereocenters. The van der Waals surface area contributed by atoms with Crippen molar-refractivity contribution in [3.05, 3.63) is 16.3 Å². The van der Waals surface area contributed by atoms with Crippen LogP contribution in [0.2, 0.25) is 0 Å². The van der Waals surface area contributed by atoms with Gasteiger partial charge in [-0.1, -0.05) is 12.8 Å². The maximum Gasteiger partial charge on any atom is 0.264 e. The molecule has 1 saturated carbocycles. The number of halogens is 1. The second-order valence-corrected chi connectivity index (χ2v) is 4.08. The molecule has 2 nitrogen and oxygen atoms in total. The Labute approximate surface area is 80.5 Å². The summed E-state index contributed by atoms with van der Waals surface area (Å²) >= 11 is 3.25. The third kappa shape index (κ3) is 1.42. The zero-order chi connectivity index (χ0) is 8.55. The summed E-state index contributed by atoms with van der Waals surface area (Å²) in [5, 5.41) is 0. The van der Waals surface area contributed by atoms with Crippen LogP contribution < -0.4 is 0 Å². The molecule has 1 aromatic rings. The fraction of sp³-hybridized carbons (Fsp3) is 0.667. The summed E-state index contributed by atoms with van der Waals surface area (Å²) in [6, 6.07) is 0. The van der Waals surface area contributed by atoms with Crippen molar-refractivity contribution in [1.82, 2.24) is 4.98 Å². The van der Waals surface area contributed by atoms with Gasteiger partial charge in [0.25, 0.3) is 4.80 Å². The normalized spacial score (nSPS) is 18.8. The van der Waals surface area contributed by atoms with Gasteiger partial charge in [0.05, 0.1) is 5.69 Å². The van der Waals surface area contributed by atoms with E-state index in [9.17, 15) is 0 Å². The lowest BCUT2D eigenvalue weighted by Gasteiger charge is -2.03. The first-order valence-electron chi connectivity index (χ1n) is 4.40. The molecule has 1 aliphatic rings. The van der Waals surface area contributed by atoms with E-state index in [0.717, 1.165) is 11.5 Å². The molecule has 1 aromatic heterocycles. The average Bonchev–Trinajstić information content (AvgIpc) is 2.58. The van der Waals surface area contributed by atoms with E-state index < -0.39 is 0 Å². The highest BCUT2D eigenvalue weighted by atomic mass is 79.9. The fourth-order valence-electron chi connectivity index (χ4n) is 1.94. The molecular weight excluding hydrogens is 218 g/mol. The van der Waals surface area contributed by atoms with Crippen LogP contribution in [0.5, 0.6) is 0 Å². The van der Waals surface area contributed by atoms with Crippen LogP contribution >= 0.6 is 15.9 Å². The minimum Gasteiger partial charge on any atom is -0.436 e. The average molecular weight is 230 g/mol. The fourth-order valence-corrected chi connectivity index (χ4v) is 2.38. The predicted molar refractivity (Wildman–Crippen MR) is 50.1 cm³/mol. The molecule has 0 amide bonds. The Balaban J connectivity index is 2.25. The van der Waals surface area contributed by atoms with Gasteiger partial charge in [0.15, 0.2) is 0 Å². The smallest absolute Gasteiger partial charge is 0.264 e. The van der Waals surface area contributed by atoms with E-state index in [-0.39, 0.29) is 0 Å². The van der Waals surface area contributed by atoms with Crippen molar-refractivity contribution in [2.45, 2.75) is 38.5 Å². The molecule has 1 aliphatic carbocycles. The van der Waals surface area contributed by atoms with E-state index in [1.807, 2.05) is 6.92 Å². The van der Waals surface area contributed by atoms with Crippen LogP contribution in [0.4, 0.5) is 0 Å². The molecule has 1 fully saturated rings. The lowest BCUT2D eigenvalue weighted by molar-refractivity contribution is 0.441. The summed E-state index contributed by atoms with van der Waals surface area (Å²) in [4.78, 5) is 4.83. The number of hydrogen-bond donors (Lipinski definition) is 0. The lowest BCUT2D eigenvalue weighted by Crippen LogP contribution is -1.91. The van der Waals surface area contributed by atoms with Gasteiger partial charge < -0.3 is 4.42 Å². The first-order chi connectivity index (χ1) is 5.77. The zero-order valence-corrected chi connectivity index (χ0v) is 8.73. The molecule has 0 atom stereocenters. The van der Waals surface area contributed by atoms with Crippen molar-refractivity contribution in [2.24, 2.45) is 0 Å². The number of oxazole rings is 1. The Kier molecular flexibility index (Phi) is 2.22. The zero-order valence-electron chi connectivity index (χ0n) is 7.14. The van der Waals surface area contributed by atoms with E-state index in [0.29, 0.717) is 10.7 Å². The van der Waals surface area contributed by atoms with Crippen LogP contribution in [0, 0.1) is 6.92 Å². The van der Waals surface area contributed by atoms with Gasteiger partial charge in [-0.3, -0.25) is 0 Å². The van der Waals surface area contributed by atoms with Gasteiger partial charge in [-0.05, 0) is 19.8 Å². The van der Waals surface area contributed by atoms with Crippen LogP contribution in [0.3, 0.4) is 0 Å². The summed E-state index contributed by atoms with van der Waals surface area (Å²) in [6.45, 7) is 2.02. The summed E-state index contributed by atoms with van der Waals surface area (Å²) in [7, 11) is 0. The maximum atomic E-state index is 5.50. The SMILES string of the molecule is Cc1nc(Br)oc1C1CCCC1. The van der Waals surface area contributed by atoms with E-state index in [1.54, 1.807) is 0 Å². The minimum atomic E-state index is 0.627. The quantitative estimate of drug-likeness (QED) is 0.738. The minimum absolute atomic E-state index is 0.627. The van der Waals surface area contributed by atoms with Gasteiger partial charge in [-0.2, -0.15) is 0 Å². The molecule has 12 heavy (non-hydrogen) atoms. The molecule has 66 valence electrons. The molecule has 0 aromatic carbocycles. The second kappa shape index (κ2) is 3.21. The highest BCUT2D eigenvalue weighted by Crippen LogP contribution is 2.36. The monoisotopic (exact) mass is 229 g/mol. The molecule has 0 spiro atoms. The highest BCUT2D eigenvalue weighted by Gasteiger charge is 2.23. The molecule has 0 saturated heterocycles. The Hall–Kier alpha value is -0.310. The first-order valence-corrected chi connectivity index (χ1v) is 5.19. The maximum absolute atomic E-state index is 5.50. The van der Waals surface area contributed by atoms with E-state index >= 15 is 0 Å². The first kappa shape index (κ1) is 8.30. The van der Waals surface area contributed by atoms with Gasteiger partial charge in [-0.25, -0.2) is 4.98 Å². The van der Waals surface area contributed by atoms with Crippen LogP contribution in [0.1, 0.15) is 43.1 Å². The molecule has 3 heteroatoms. The van der Waals surface area contributed by atoms with Crippen LogP contribution in [0.15, 0.2) is 9.22 Å². The van der Waals surface area contributed by atoms with Crippen molar-refractivity contribution in [3.8, 4) is 0 Å². The number of nitrogens with zero attached hydrogens (tertiary/aromatic N) is 1. The summed E-state index contributed by atoms with van der Waals surface area (Å²) in [6.07, 6.45) is 5.20. The van der Waals surface area contributed by atoms with E-state index in [4.69, 9.17) is 4.42 Å². The van der Waals surface area contributed by atoms with Crippen molar-refractivity contribution >= 4 is 15.9 Å². The van der Waals surface area contributed by atoms with Gasteiger partial charge in [0, 0.05) is 21.8 Å². The Morgan fingerprint density at radius 3 is 2.58 bits per heavy atom. The summed E-state index contributed by atoms with van der Waals surface area (Å²) in [5.74, 6) is 1.73. The molecular formula is C9H12BrNO. The Bertz CT molecular complexity index is 276. The number of aromatic nitrogens is 1. The highest BCUT2D eigenvalue weighted by molar-refractivity contribution is 9.10. The third-order valence-electron chi connectivity index (χ3n) is 2.53. The molecule has 2 rings (SSSR count). The van der Waals surface area contributed by atoms with Crippen molar-refractivity contribution in [1.29, 1.82) is 0 Å². The van der Waals surface area contributed by atoms with Crippen molar-refractivity contribution in [2.75, 3.05) is 0 Å². The molecule has 0 radical (unpaired) electrons. The Morgan fingerprint density at radius 2 is 2.08 bits per heavy atom. The van der Waals surface area contributed by atoms with Crippen LogP contribution in [-0.2, 0) is 0 Å². The molecule has 1 heterocycles. The van der Waals surface area contributed by atoms with Gasteiger partial charge in [0.2, 0.25) is 0 Å². The second-order valence-electron chi connectivity index (χ2n) is 3.40. The largest absolute Gasteiger partial charge is 0.436 e. The van der Waals surface area contributed by atoms with Gasteiger partial charge >= 0.3 is 0 Å². The van der Waals surface area contributed by atoms with Gasteiger partial charge in [-0.15, -0.1) is 0 Å². The summed E-state index contributed by atoms with van der Waals surface area (Å²) in [5.41, 5.74) is 1.05.